The number of para-hydroxylation sites is 1. The summed E-state index contributed by atoms with van der Waals surface area (Å²) in [7, 11) is 2.16. The highest BCUT2D eigenvalue weighted by Crippen LogP contribution is 2.46. The summed E-state index contributed by atoms with van der Waals surface area (Å²) in [4.78, 5) is 3.65. The van der Waals surface area contributed by atoms with Gasteiger partial charge in [0.15, 0.2) is 0 Å². The summed E-state index contributed by atoms with van der Waals surface area (Å²) in [5.41, 5.74) is 5.26. The van der Waals surface area contributed by atoms with Crippen molar-refractivity contribution in [2.24, 2.45) is 7.05 Å². The Balaban J connectivity index is 1.83. The second-order valence-electron chi connectivity index (χ2n) is 6.38. The molecule has 0 spiro atoms. The molecule has 0 radical (unpaired) electrons. The van der Waals surface area contributed by atoms with Gasteiger partial charge in [-0.1, -0.05) is 41.3 Å². The number of thiazole rings is 1. The molecular formula is C21H21N2S2+. The van der Waals surface area contributed by atoms with Crippen LogP contribution in [0.1, 0.15) is 16.1 Å². The maximum atomic E-state index is 3.93. The summed E-state index contributed by atoms with van der Waals surface area (Å²) >= 11 is 3.70. The van der Waals surface area contributed by atoms with Gasteiger partial charge in [-0.05, 0) is 43.7 Å². The smallest absolute Gasteiger partial charge is 0.265 e. The Morgan fingerprint density at radius 2 is 2.00 bits per heavy atom. The average molecular weight is 366 g/mol. The molecule has 1 aliphatic heterocycles. The lowest BCUT2D eigenvalue weighted by Gasteiger charge is -2.17. The number of benzene rings is 2. The van der Waals surface area contributed by atoms with Crippen molar-refractivity contribution < 1.29 is 4.57 Å². The van der Waals surface area contributed by atoms with Crippen LogP contribution in [0.3, 0.4) is 0 Å². The van der Waals surface area contributed by atoms with E-state index < -0.39 is 0 Å². The summed E-state index contributed by atoms with van der Waals surface area (Å²) in [5, 5.41) is 2.53. The normalized spacial score (nSPS) is 15.2. The van der Waals surface area contributed by atoms with E-state index in [0.717, 1.165) is 6.54 Å². The molecule has 0 fully saturated rings. The van der Waals surface area contributed by atoms with Crippen molar-refractivity contribution in [3.63, 3.8) is 0 Å². The van der Waals surface area contributed by atoms with Gasteiger partial charge < -0.3 is 4.90 Å². The molecule has 1 aromatic heterocycles. The fourth-order valence-corrected chi connectivity index (χ4v) is 5.88. The Bertz CT molecular complexity index is 1010. The Morgan fingerprint density at radius 1 is 1.20 bits per heavy atom. The lowest BCUT2D eigenvalue weighted by atomic mass is 10.1. The molecule has 25 heavy (non-hydrogen) atoms. The molecule has 2 heterocycles. The van der Waals surface area contributed by atoms with Gasteiger partial charge in [0.2, 0.25) is 5.52 Å². The SMILES string of the molecule is C=CCN1/C(=C/c2sc3cc(C)cc(C)c3[n+]2C)Sc2ccccc21. The number of aryl methyl sites for hydroxylation is 3. The van der Waals surface area contributed by atoms with Crippen molar-refractivity contribution in [2.75, 3.05) is 11.4 Å². The van der Waals surface area contributed by atoms with Crippen LogP contribution < -0.4 is 9.47 Å². The van der Waals surface area contributed by atoms with Crippen LogP contribution in [0.4, 0.5) is 5.69 Å². The minimum atomic E-state index is 0.822. The van der Waals surface area contributed by atoms with E-state index in [0.29, 0.717) is 0 Å². The molecular weight excluding hydrogens is 344 g/mol. The first-order valence-corrected chi connectivity index (χ1v) is 9.98. The van der Waals surface area contributed by atoms with Gasteiger partial charge in [0.25, 0.3) is 5.01 Å². The van der Waals surface area contributed by atoms with Gasteiger partial charge in [-0.25, -0.2) is 0 Å². The summed E-state index contributed by atoms with van der Waals surface area (Å²) < 4.78 is 3.67. The lowest BCUT2D eigenvalue weighted by Crippen LogP contribution is -2.30. The molecule has 4 heteroatoms. The van der Waals surface area contributed by atoms with E-state index in [-0.39, 0.29) is 0 Å². The van der Waals surface area contributed by atoms with Crippen molar-refractivity contribution in [3.8, 4) is 0 Å². The predicted octanol–water partition coefficient (Wildman–Crippen LogP) is 5.44. The minimum absolute atomic E-state index is 0.822. The summed E-state index contributed by atoms with van der Waals surface area (Å²) in [5.74, 6) is 0. The molecule has 0 N–H and O–H groups in total. The number of rotatable bonds is 3. The third kappa shape index (κ3) is 2.79. The van der Waals surface area contributed by atoms with Crippen LogP contribution in [0.5, 0.6) is 0 Å². The first-order chi connectivity index (χ1) is 12.1. The Morgan fingerprint density at radius 3 is 2.80 bits per heavy atom. The van der Waals surface area contributed by atoms with Gasteiger partial charge in [-0.2, -0.15) is 4.57 Å². The zero-order chi connectivity index (χ0) is 17.6. The van der Waals surface area contributed by atoms with E-state index >= 15 is 0 Å². The summed E-state index contributed by atoms with van der Waals surface area (Å²) in [6, 6.07) is 13.1. The van der Waals surface area contributed by atoms with Gasteiger partial charge >= 0.3 is 0 Å². The quantitative estimate of drug-likeness (QED) is 0.451. The van der Waals surface area contributed by atoms with Crippen LogP contribution >= 0.6 is 23.1 Å². The van der Waals surface area contributed by atoms with Crippen LogP contribution in [0.2, 0.25) is 0 Å². The Kier molecular flexibility index (Phi) is 4.18. The molecule has 0 atom stereocenters. The maximum Gasteiger partial charge on any atom is 0.265 e. The molecule has 0 aliphatic carbocycles. The third-order valence-corrected chi connectivity index (χ3v) is 6.73. The highest BCUT2D eigenvalue weighted by Gasteiger charge is 2.26. The highest BCUT2D eigenvalue weighted by atomic mass is 32.2. The number of hydrogen-bond donors (Lipinski definition) is 0. The highest BCUT2D eigenvalue weighted by molar-refractivity contribution is 8.03. The molecule has 0 saturated carbocycles. The molecule has 2 aromatic carbocycles. The standard InChI is InChI=1S/C21H21N2S2/c1-5-10-23-16-8-6-7-9-17(16)24-20(23)13-19-22(4)21-15(3)11-14(2)12-18(21)25-19/h5-9,11-13H,1,10H2,2-4H3/q+1. The van der Waals surface area contributed by atoms with Crippen LogP contribution in [0.15, 0.2) is 59.0 Å². The number of aromatic nitrogens is 1. The van der Waals surface area contributed by atoms with Gasteiger partial charge in [-0.3, -0.25) is 0 Å². The molecule has 0 bridgehead atoms. The second kappa shape index (κ2) is 6.36. The van der Waals surface area contributed by atoms with E-state index in [1.54, 1.807) is 0 Å². The summed E-state index contributed by atoms with van der Waals surface area (Å²) in [6.07, 6.45) is 4.28. The molecule has 4 rings (SSSR count). The Labute approximate surface area is 157 Å². The van der Waals surface area contributed by atoms with Gasteiger partial charge in [0.1, 0.15) is 11.7 Å². The second-order valence-corrected chi connectivity index (χ2v) is 8.50. The molecule has 0 saturated heterocycles. The number of anilines is 1. The van der Waals surface area contributed by atoms with Crippen molar-refractivity contribution in [3.05, 3.63) is 70.2 Å². The van der Waals surface area contributed by atoms with E-state index in [1.807, 2.05) is 29.2 Å². The van der Waals surface area contributed by atoms with E-state index in [4.69, 9.17) is 0 Å². The Hall–Kier alpha value is -2.04. The summed E-state index contributed by atoms with van der Waals surface area (Å²) in [6.45, 7) is 9.12. The minimum Gasteiger partial charge on any atom is -0.331 e. The average Bonchev–Trinajstić information content (AvgIpc) is 3.07. The van der Waals surface area contributed by atoms with Crippen molar-refractivity contribution in [1.29, 1.82) is 0 Å². The monoisotopic (exact) mass is 365 g/mol. The molecule has 1 aliphatic rings. The van der Waals surface area contributed by atoms with Gasteiger partial charge in [-0.15, -0.1) is 6.58 Å². The fraction of sp³-hybridized carbons (Fsp3) is 0.190. The number of hydrogen-bond acceptors (Lipinski definition) is 3. The first kappa shape index (κ1) is 16.4. The zero-order valence-electron chi connectivity index (χ0n) is 14.7. The first-order valence-electron chi connectivity index (χ1n) is 8.35. The molecule has 3 aromatic rings. The van der Waals surface area contributed by atoms with Crippen LogP contribution in [-0.2, 0) is 7.05 Å². The van der Waals surface area contributed by atoms with E-state index in [2.05, 4.69) is 79.4 Å². The van der Waals surface area contributed by atoms with Crippen molar-refractivity contribution in [2.45, 2.75) is 18.7 Å². The van der Waals surface area contributed by atoms with Crippen LogP contribution in [0, 0.1) is 13.8 Å². The third-order valence-electron chi connectivity index (χ3n) is 4.49. The van der Waals surface area contributed by atoms with Gasteiger partial charge in [0.05, 0.1) is 16.8 Å². The van der Waals surface area contributed by atoms with Crippen molar-refractivity contribution >= 4 is 45.1 Å². The van der Waals surface area contributed by atoms with Crippen molar-refractivity contribution in [1.82, 2.24) is 0 Å². The largest absolute Gasteiger partial charge is 0.331 e. The topological polar surface area (TPSA) is 7.12 Å². The predicted molar refractivity (Wildman–Crippen MR) is 110 cm³/mol. The molecule has 126 valence electrons. The van der Waals surface area contributed by atoms with Crippen LogP contribution in [-0.4, -0.2) is 6.54 Å². The maximum absolute atomic E-state index is 3.93. The fourth-order valence-electron chi connectivity index (χ4n) is 3.43. The lowest BCUT2D eigenvalue weighted by molar-refractivity contribution is -0.642. The zero-order valence-corrected chi connectivity index (χ0v) is 16.4. The molecule has 0 amide bonds. The molecule has 2 nitrogen and oxygen atoms in total. The van der Waals surface area contributed by atoms with E-state index in [1.165, 1.54) is 42.0 Å². The van der Waals surface area contributed by atoms with E-state index in [9.17, 15) is 0 Å². The number of fused-ring (bicyclic) bond motifs is 2. The van der Waals surface area contributed by atoms with Gasteiger partial charge in [0, 0.05) is 17.0 Å². The molecule has 0 unspecified atom stereocenters. The van der Waals surface area contributed by atoms with Crippen LogP contribution in [0.25, 0.3) is 16.3 Å². The number of thioether (sulfide) groups is 1. The number of nitrogens with zero attached hydrogens (tertiary/aromatic N) is 2.